The first-order chi connectivity index (χ1) is 11.8. The molecule has 2 aliphatic heterocycles. The molecule has 4 rings (SSSR count). The summed E-state index contributed by atoms with van der Waals surface area (Å²) in [5.41, 5.74) is 0. The van der Waals surface area contributed by atoms with Crippen molar-refractivity contribution in [2.75, 3.05) is 62.3 Å². The van der Waals surface area contributed by atoms with Gasteiger partial charge < -0.3 is 19.4 Å². The second-order valence-electron chi connectivity index (χ2n) is 6.85. The normalized spacial score (nSPS) is 21.9. The number of hydrogen-bond donors (Lipinski definition) is 0. The van der Waals surface area contributed by atoms with E-state index >= 15 is 0 Å². The summed E-state index contributed by atoms with van der Waals surface area (Å²) in [5.74, 6) is 2.92. The zero-order valence-corrected chi connectivity index (χ0v) is 14.1. The van der Waals surface area contributed by atoms with Crippen LogP contribution in [0.2, 0.25) is 0 Å². The standard InChI is InChI=1S/C17H25N5O2/c23-17(11-14-1-2-14)22-5-3-20(4-6-22)15-12-16(19-13-18-15)21-7-9-24-10-8-21/h12-14H,1-11H2. The van der Waals surface area contributed by atoms with Crippen LogP contribution in [0.1, 0.15) is 19.3 Å². The topological polar surface area (TPSA) is 61.8 Å². The molecule has 0 spiro atoms. The number of ether oxygens (including phenoxy) is 1. The van der Waals surface area contributed by atoms with Crippen LogP contribution in [0.5, 0.6) is 0 Å². The predicted octanol–water partition coefficient (Wildman–Crippen LogP) is 0.762. The average molecular weight is 331 g/mol. The van der Waals surface area contributed by atoms with Crippen molar-refractivity contribution in [3.8, 4) is 0 Å². The number of piperazine rings is 1. The first-order valence-electron chi connectivity index (χ1n) is 8.97. The summed E-state index contributed by atoms with van der Waals surface area (Å²) in [5, 5.41) is 0. The van der Waals surface area contributed by atoms with Crippen molar-refractivity contribution in [2.24, 2.45) is 5.92 Å². The van der Waals surface area contributed by atoms with Gasteiger partial charge in [0.2, 0.25) is 5.91 Å². The monoisotopic (exact) mass is 331 g/mol. The van der Waals surface area contributed by atoms with Gasteiger partial charge in [0.1, 0.15) is 18.0 Å². The van der Waals surface area contributed by atoms with Crippen molar-refractivity contribution in [2.45, 2.75) is 19.3 Å². The van der Waals surface area contributed by atoms with E-state index in [1.54, 1.807) is 6.33 Å². The molecule has 24 heavy (non-hydrogen) atoms. The lowest BCUT2D eigenvalue weighted by Crippen LogP contribution is -2.49. The van der Waals surface area contributed by atoms with Crippen LogP contribution in [-0.4, -0.2) is 73.3 Å². The fraction of sp³-hybridized carbons (Fsp3) is 0.706. The minimum absolute atomic E-state index is 0.328. The van der Waals surface area contributed by atoms with Gasteiger partial charge in [0, 0.05) is 51.8 Å². The number of anilines is 2. The van der Waals surface area contributed by atoms with E-state index in [1.165, 1.54) is 12.8 Å². The largest absolute Gasteiger partial charge is 0.378 e. The molecule has 7 heteroatoms. The Kier molecular flexibility index (Phi) is 4.51. The lowest BCUT2D eigenvalue weighted by atomic mass is 10.2. The molecule has 7 nitrogen and oxygen atoms in total. The van der Waals surface area contributed by atoms with Gasteiger partial charge in [0.05, 0.1) is 13.2 Å². The highest BCUT2D eigenvalue weighted by Gasteiger charge is 2.29. The Morgan fingerprint density at radius 3 is 2.25 bits per heavy atom. The fourth-order valence-electron chi connectivity index (χ4n) is 3.36. The molecule has 0 aromatic carbocycles. The van der Waals surface area contributed by atoms with E-state index in [0.717, 1.165) is 70.5 Å². The van der Waals surface area contributed by atoms with Gasteiger partial charge in [-0.2, -0.15) is 0 Å². The predicted molar refractivity (Wildman–Crippen MR) is 91.2 cm³/mol. The molecule has 0 bridgehead atoms. The summed E-state index contributed by atoms with van der Waals surface area (Å²) in [6.45, 7) is 6.53. The minimum atomic E-state index is 0.328. The van der Waals surface area contributed by atoms with Crippen LogP contribution in [0.3, 0.4) is 0 Å². The number of hydrogen-bond acceptors (Lipinski definition) is 6. The molecule has 0 N–H and O–H groups in total. The van der Waals surface area contributed by atoms with Crippen molar-refractivity contribution in [1.29, 1.82) is 0 Å². The summed E-state index contributed by atoms with van der Waals surface area (Å²) >= 11 is 0. The van der Waals surface area contributed by atoms with Gasteiger partial charge in [0.15, 0.2) is 0 Å². The molecule has 0 atom stereocenters. The van der Waals surface area contributed by atoms with Gasteiger partial charge in [-0.25, -0.2) is 9.97 Å². The summed E-state index contributed by atoms with van der Waals surface area (Å²) < 4.78 is 5.40. The number of aromatic nitrogens is 2. The highest BCUT2D eigenvalue weighted by Crippen LogP contribution is 2.33. The third-order valence-corrected chi connectivity index (χ3v) is 5.09. The van der Waals surface area contributed by atoms with Crippen LogP contribution < -0.4 is 9.80 Å². The molecule has 3 heterocycles. The summed E-state index contributed by atoms with van der Waals surface area (Å²) in [7, 11) is 0. The highest BCUT2D eigenvalue weighted by atomic mass is 16.5. The number of nitrogens with zero attached hydrogens (tertiary/aromatic N) is 5. The van der Waals surface area contributed by atoms with Crippen molar-refractivity contribution in [3.63, 3.8) is 0 Å². The maximum atomic E-state index is 12.2. The van der Waals surface area contributed by atoms with Gasteiger partial charge in [0.25, 0.3) is 0 Å². The SMILES string of the molecule is O=C(CC1CC1)N1CCN(c2cc(N3CCOCC3)ncn2)CC1. The summed E-state index contributed by atoms with van der Waals surface area (Å²) in [4.78, 5) is 27.6. The maximum Gasteiger partial charge on any atom is 0.222 e. The Balaban J connectivity index is 1.35. The Hall–Kier alpha value is -1.89. The molecule has 1 aromatic heterocycles. The molecule has 3 fully saturated rings. The van der Waals surface area contributed by atoms with E-state index in [1.807, 2.05) is 4.90 Å². The molecule has 1 amide bonds. The van der Waals surface area contributed by atoms with Gasteiger partial charge in [-0.3, -0.25) is 4.79 Å². The van der Waals surface area contributed by atoms with Gasteiger partial charge >= 0.3 is 0 Å². The third kappa shape index (κ3) is 3.61. The minimum Gasteiger partial charge on any atom is -0.378 e. The van der Waals surface area contributed by atoms with E-state index < -0.39 is 0 Å². The van der Waals surface area contributed by atoms with Crippen molar-refractivity contribution >= 4 is 17.5 Å². The second kappa shape index (κ2) is 6.93. The first-order valence-corrected chi connectivity index (χ1v) is 8.97. The zero-order valence-electron chi connectivity index (χ0n) is 14.1. The molecule has 130 valence electrons. The molecule has 0 unspecified atom stereocenters. The third-order valence-electron chi connectivity index (χ3n) is 5.09. The van der Waals surface area contributed by atoms with Crippen molar-refractivity contribution < 1.29 is 9.53 Å². The molecular weight excluding hydrogens is 306 g/mol. The molecule has 0 radical (unpaired) electrons. The van der Waals surface area contributed by atoms with Gasteiger partial charge in [-0.1, -0.05) is 0 Å². The number of amides is 1. The Labute approximate surface area is 142 Å². The van der Waals surface area contributed by atoms with Gasteiger partial charge in [-0.15, -0.1) is 0 Å². The maximum absolute atomic E-state index is 12.2. The lowest BCUT2D eigenvalue weighted by Gasteiger charge is -2.36. The van der Waals surface area contributed by atoms with Gasteiger partial charge in [-0.05, 0) is 18.8 Å². The smallest absolute Gasteiger partial charge is 0.222 e. The molecule has 3 aliphatic rings. The highest BCUT2D eigenvalue weighted by molar-refractivity contribution is 5.77. The van der Waals surface area contributed by atoms with Crippen LogP contribution in [0.4, 0.5) is 11.6 Å². The molecule has 1 aromatic rings. The van der Waals surface area contributed by atoms with Crippen LogP contribution in [-0.2, 0) is 9.53 Å². The van der Waals surface area contributed by atoms with E-state index in [2.05, 4.69) is 25.8 Å². The van der Waals surface area contributed by atoms with E-state index in [9.17, 15) is 4.79 Å². The zero-order chi connectivity index (χ0) is 16.4. The number of carbonyl (C=O) groups is 1. The van der Waals surface area contributed by atoms with E-state index in [-0.39, 0.29) is 0 Å². The molecule has 1 aliphatic carbocycles. The Morgan fingerprint density at radius 1 is 1.00 bits per heavy atom. The summed E-state index contributed by atoms with van der Waals surface area (Å²) in [6.07, 6.45) is 4.85. The van der Waals surface area contributed by atoms with Crippen molar-refractivity contribution in [1.82, 2.24) is 14.9 Å². The number of carbonyl (C=O) groups excluding carboxylic acids is 1. The number of morpholine rings is 1. The Morgan fingerprint density at radius 2 is 1.62 bits per heavy atom. The second-order valence-corrected chi connectivity index (χ2v) is 6.85. The average Bonchev–Trinajstić information content (AvgIpc) is 3.47. The molecule has 1 saturated carbocycles. The lowest BCUT2D eigenvalue weighted by molar-refractivity contribution is -0.131. The first kappa shape index (κ1) is 15.6. The van der Waals surface area contributed by atoms with Crippen LogP contribution in [0.25, 0.3) is 0 Å². The Bertz CT molecular complexity index is 578. The van der Waals surface area contributed by atoms with E-state index in [0.29, 0.717) is 11.8 Å². The summed E-state index contributed by atoms with van der Waals surface area (Å²) in [6, 6.07) is 2.06. The molecular formula is C17H25N5O2. The van der Waals surface area contributed by atoms with Crippen LogP contribution in [0.15, 0.2) is 12.4 Å². The van der Waals surface area contributed by atoms with E-state index in [4.69, 9.17) is 4.74 Å². The number of rotatable bonds is 4. The molecule has 2 saturated heterocycles. The van der Waals surface area contributed by atoms with Crippen LogP contribution in [0, 0.1) is 5.92 Å². The van der Waals surface area contributed by atoms with Crippen molar-refractivity contribution in [3.05, 3.63) is 12.4 Å². The fourth-order valence-corrected chi connectivity index (χ4v) is 3.36. The van der Waals surface area contributed by atoms with Crippen LogP contribution >= 0.6 is 0 Å². The quantitative estimate of drug-likeness (QED) is 0.812.